The molecule has 0 bridgehead atoms. The maximum atomic E-state index is 11.3. The van der Waals surface area contributed by atoms with Crippen molar-refractivity contribution in [2.75, 3.05) is 7.11 Å². The van der Waals surface area contributed by atoms with Gasteiger partial charge in [-0.1, -0.05) is 42.0 Å². The summed E-state index contributed by atoms with van der Waals surface area (Å²) in [5.41, 5.74) is 4.99. The van der Waals surface area contributed by atoms with E-state index in [9.17, 15) is 9.90 Å². The number of ether oxygens (including phenoxy) is 1. The van der Waals surface area contributed by atoms with E-state index in [1.165, 1.54) is 18.8 Å². The van der Waals surface area contributed by atoms with Gasteiger partial charge < -0.3 is 9.84 Å². The fourth-order valence-electron chi connectivity index (χ4n) is 2.36. The van der Waals surface area contributed by atoms with E-state index < -0.39 is 0 Å². The summed E-state index contributed by atoms with van der Waals surface area (Å²) >= 11 is 0. The van der Waals surface area contributed by atoms with Gasteiger partial charge in [-0.2, -0.15) is 0 Å². The Morgan fingerprint density at radius 1 is 1.17 bits per heavy atom. The Morgan fingerprint density at radius 2 is 1.92 bits per heavy atom. The van der Waals surface area contributed by atoms with Crippen LogP contribution in [0.25, 0.3) is 17.2 Å². The van der Waals surface area contributed by atoms with Crippen LogP contribution in [0.3, 0.4) is 0 Å². The molecule has 0 saturated heterocycles. The van der Waals surface area contributed by atoms with Crippen molar-refractivity contribution < 1.29 is 14.6 Å². The number of carbonyl (C=O) groups is 1. The zero-order valence-electron chi connectivity index (χ0n) is 14.2. The summed E-state index contributed by atoms with van der Waals surface area (Å²) in [6.07, 6.45) is 5.91. The normalized spacial score (nSPS) is 10.6. The first-order valence-electron chi connectivity index (χ1n) is 7.82. The summed E-state index contributed by atoms with van der Waals surface area (Å²) in [4.78, 5) is 11.3. The second-order valence-corrected chi connectivity index (χ2v) is 5.77. The zero-order chi connectivity index (χ0) is 17.5. The van der Waals surface area contributed by atoms with Crippen LogP contribution in [-0.4, -0.2) is 18.2 Å². The lowest BCUT2D eigenvalue weighted by Crippen LogP contribution is -1.94. The number of phenols is 1. The van der Waals surface area contributed by atoms with Gasteiger partial charge in [0.15, 0.2) is 0 Å². The summed E-state index contributed by atoms with van der Waals surface area (Å²) < 4.78 is 4.64. The Labute approximate surface area is 142 Å². The lowest BCUT2D eigenvalue weighted by atomic mass is 9.96. The molecule has 2 aromatic rings. The predicted octanol–water partition coefficient (Wildman–Crippen LogP) is 4.75. The number of rotatable bonds is 5. The molecule has 0 fully saturated rings. The minimum atomic E-state index is -0.389. The van der Waals surface area contributed by atoms with E-state index in [-0.39, 0.29) is 5.97 Å². The first-order chi connectivity index (χ1) is 11.5. The van der Waals surface area contributed by atoms with Gasteiger partial charge in [0.05, 0.1) is 7.11 Å². The first kappa shape index (κ1) is 17.5. The Kier molecular flexibility index (Phi) is 5.96. The number of benzene rings is 2. The summed E-state index contributed by atoms with van der Waals surface area (Å²) in [7, 11) is 1.36. The number of esters is 1. The molecule has 2 rings (SSSR count). The van der Waals surface area contributed by atoms with Crippen LogP contribution < -0.4 is 0 Å². The third-order valence-electron chi connectivity index (χ3n) is 3.68. The number of hydrogen-bond acceptors (Lipinski definition) is 3. The van der Waals surface area contributed by atoms with Crippen LogP contribution in [0, 0.1) is 0 Å². The Hall–Kier alpha value is -2.81. The topological polar surface area (TPSA) is 46.5 Å². The van der Waals surface area contributed by atoms with Gasteiger partial charge >= 0.3 is 5.97 Å². The van der Waals surface area contributed by atoms with Gasteiger partial charge in [0.1, 0.15) is 5.75 Å². The van der Waals surface area contributed by atoms with E-state index in [1.54, 1.807) is 12.1 Å². The molecular weight excluding hydrogens is 300 g/mol. The van der Waals surface area contributed by atoms with E-state index in [1.807, 2.05) is 50.2 Å². The van der Waals surface area contributed by atoms with Crippen LogP contribution in [0.15, 0.2) is 60.2 Å². The van der Waals surface area contributed by atoms with Crippen molar-refractivity contribution in [2.24, 2.45) is 0 Å². The highest BCUT2D eigenvalue weighted by molar-refractivity contribution is 5.89. The largest absolute Gasteiger partial charge is 0.508 e. The van der Waals surface area contributed by atoms with Crippen LogP contribution in [0.2, 0.25) is 0 Å². The fourth-order valence-corrected chi connectivity index (χ4v) is 2.36. The highest BCUT2D eigenvalue weighted by atomic mass is 16.5. The molecule has 2 aromatic carbocycles. The third-order valence-corrected chi connectivity index (χ3v) is 3.68. The predicted molar refractivity (Wildman–Crippen MR) is 97.7 cm³/mol. The van der Waals surface area contributed by atoms with Crippen molar-refractivity contribution in [1.29, 1.82) is 0 Å². The second-order valence-electron chi connectivity index (χ2n) is 5.77. The molecule has 0 aromatic heterocycles. The number of allylic oxidation sites excluding steroid dienone is 2. The van der Waals surface area contributed by atoms with Gasteiger partial charge in [0.25, 0.3) is 0 Å². The van der Waals surface area contributed by atoms with E-state index >= 15 is 0 Å². The molecular formula is C21H22O3. The van der Waals surface area contributed by atoms with Gasteiger partial charge in [-0.15, -0.1) is 0 Å². The van der Waals surface area contributed by atoms with Crippen LogP contribution in [0.5, 0.6) is 5.75 Å². The summed E-state index contributed by atoms with van der Waals surface area (Å²) in [6, 6.07) is 13.4. The summed E-state index contributed by atoms with van der Waals surface area (Å²) in [6.45, 7) is 4.07. The molecule has 0 amide bonds. The maximum Gasteiger partial charge on any atom is 0.330 e. The van der Waals surface area contributed by atoms with Crippen LogP contribution in [0.1, 0.15) is 25.0 Å². The van der Waals surface area contributed by atoms with Gasteiger partial charge in [-0.05, 0) is 60.7 Å². The van der Waals surface area contributed by atoms with Gasteiger partial charge in [0.2, 0.25) is 0 Å². The molecule has 124 valence electrons. The number of methoxy groups -OCH3 is 1. The van der Waals surface area contributed by atoms with Crippen LogP contribution >= 0.6 is 0 Å². The number of carbonyl (C=O) groups excluding carboxylic acids is 1. The molecule has 0 aliphatic carbocycles. The molecule has 0 atom stereocenters. The van der Waals surface area contributed by atoms with Crippen molar-refractivity contribution in [2.45, 2.75) is 20.3 Å². The molecule has 3 heteroatoms. The molecule has 0 heterocycles. The molecule has 0 aliphatic rings. The molecule has 24 heavy (non-hydrogen) atoms. The van der Waals surface area contributed by atoms with Crippen molar-refractivity contribution >= 4 is 12.0 Å². The van der Waals surface area contributed by atoms with Gasteiger partial charge in [-0.3, -0.25) is 0 Å². The number of hydrogen-bond donors (Lipinski definition) is 1. The summed E-state index contributed by atoms with van der Waals surface area (Å²) in [5, 5.41) is 10.1. The van der Waals surface area contributed by atoms with Crippen molar-refractivity contribution in [1.82, 2.24) is 0 Å². The second kappa shape index (κ2) is 8.16. The quantitative estimate of drug-likeness (QED) is 0.491. The lowest BCUT2D eigenvalue weighted by molar-refractivity contribution is -0.134. The van der Waals surface area contributed by atoms with Crippen LogP contribution in [0.4, 0.5) is 0 Å². The molecule has 3 nitrogen and oxygen atoms in total. The fraction of sp³-hybridized carbons (Fsp3) is 0.190. The smallest absolute Gasteiger partial charge is 0.330 e. The van der Waals surface area contributed by atoms with Gasteiger partial charge in [0, 0.05) is 6.08 Å². The third kappa shape index (κ3) is 4.59. The first-order valence-corrected chi connectivity index (χ1v) is 7.82. The Morgan fingerprint density at radius 3 is 2.62 bits per heavy atom. The molecule has 0 saturated carbocycles. The standard InChI is InChI=1S/C21H22O3/c1-15(2)8-9-18-14-17(10-12-20(18)22)19-7-5-4-6-16(19)11-13-21(23)24-3/h4-8,10-14,22H,9H2,1-3H3/b13-11+. The lowest BCUT2D eigenvalue weighted by Gasteiger charge is -2.10. The Bertz CT molecular complexity index is 781. The SMILES string of the molecule is COC(=O)/C=C/c1ccccc1-c1ccc(O)c(CC=C(C)C)c1. The molecule has 0 unspecified atom stereocenters. The summed E-state index contributed by atoms with van der Waals surface area (Å²) in [5.74, 6) is -0.0985. The van der Waals surface area contributed by atoms with Crippen molar-refractivity contribution in [3.05, 3.63) is 71.3 Å². The van der Waals surface area contributed by atoms with Crippen molar-refractivity contribution in [3.8, 4) is 16.9 Å². The number of phenolic OH excluding ortho intramolecular Hbond substituents is 1. The van der Waals surface area contributed by atoms with Gasteiger partial charge in [-0.25, -0.2) is 4.79 Å². The zero-order valence-corrected chi connectivity index (χ0v) is 14.2. The number of aromatic hydroxyl groups is 1. The van der Waals surface area contributed by atoms with E-state index in [2.05, 4.69) is 10.8 Å². The van der Waals surface area contributed by atoms with E-state index in [0.717, 1.165) is 22.3 Å². The highest BCUT2D eigenvalue weighted by Gasteiger charge is 2.07. The minimum absolute atomic E-state index is 0.291. The maximum absolute atomic E-state index is 11.3. The average molecular weight is 322 g/mol. The Balaban J connectivity index is 2.42. The molecule has 0 aliphatic heterocycles. The van der Waals surface area contributed by atoms with E-state index in [0.29, 0.717) is 12.2 Å². The molecule has 0 spiro atoms. The van der Waals surface area contributed by atoms with Crippen molar-refractivity contribution in [3.63, 3.8) is 0 Å². The van der Waals surface area contributed by atoms with E-state index in [4.69, 9.17) is 0 Å². The molecule has 1 N–H and O–H groups in total. The highest BCUT2D eigenvalue weighted by Crippen LogP contribution is 2.29. The average Bonchev–Trinajstić information content (AvgIpc) is 2.59. The molecule has 0 radical (unpaired) electrons. The van der Waals surface area contributed by atoms with Crippen LogP contribution in [-0.2, 0) is 16.0 Å². The monoisotopic (exact) mass is 322 g/mol. The minimum Gasteiger partial charge on any atom is -0.508 e.